The van der Waals surface area contributed by atoms with Crippen LogP contribution in [0, 0.1) is 0 Å². The van der Waals surface area contributed by atoms with Gasteiger partial charge in [-0.2, -0.15) is 0 Å². The van der Waals surface area contributed by atoms with E-state index in [1.165, 1.54) is 25.7 Å². The summed E-state index contributed by atoms with van der Waals surface area (Å²) in [4.78, 5) is 23.5. The number of rotatable bonds is 4. The maximum atomic E-state index is 12.7. The zero-order chi connectivity index (χ0) is 16.1. The van der Waals surface area contributed by atoms with Gasteiger partial charge in [-0.1, -0.05) is 43.9 Å². The Morgan fingerprint density at radius 3 is 2.48 bits per heavy atom. The summed E-state index contributed by atoms with van der Waals surface area (Å²) >= 11 is 0. The molecule has 23 heavy (non-hydrogen) atoms. The van der Waals surface area contributed by atoms with Crippen molar-refractivity contribution in [3.63, 3.8) is 0 Å². The van der Waals surface area contributed by atoms with Crippen LogP contribution in [0.3, 0.4) is 0 Å². The van der Waals surface area contributed by atoms with Crippen molar-refractivity contribution in [2.75, 3.05) is 0 Å². The van der Waals surface area contributed by atoms with Gasteiger partial charge in [-0.05, 0) is 31.0 Å². The van der Waals surface area contributed by atoms with Crippen LogP contribution < -0.4 is 5.32 Å². The highest BCUT2D eigenvalue weighted by Crippen LogP contribution is 2.26. The molecule has 0 unspecified atom stereocenters. The molecule has 0 radical (unpaired) electrons. The number of furan rings is 1. The molecule has 4 nitrogen and oxygen atoms in total. The van der Waals surface area contributed by atoms with Crippen LogP contribution >= 0.6 is 0 Å². The fourth-order valence-electron chi connectivity index (χ4n) is 3.14. The second-order valence-corrected chi connectivity index (χ2v) is 6.03. The first-order chi connectivity index (χ1) is 11.3. The third-order valence-electron chi connectivity index (χ3n) is 4.37. The first-order valence-corrected chi connectivity index (χ1v) is 8.23. The molecule has 120 valence electrons. The van der Waals surface area contributed by atoms with Gasteiger partial charge in [-0.3, -0.25) is 9.59 Å². The highest BCUT2D eigenvalue weighted by atomic mass is 16.3. The summed E-state index contributed by atoms with van der Waals surface area (Å²) in [5, 5.41) is 3.16. The topological polar surface area (TPSA) is 59.3 Å². The van der Waals surface area contributed by atoms with E-state index < -0.39 is 0 Å². The lowest BCUT2D eigenvalue weighted by Crippen LogP contribution is -2.34. The Morgan fingerprint density at radius 2 is 1.78 bits per heavy atom. The van der Waals surface area contributed by atoms with E-state index >= 15 is 0 Å². The molecule has 1 amide bonds. The molecule has 0 saturated heterocycles. The largest absolute Gasteiger partial charge is 0.453 e. The van der Waals surface area contributed by atoms with Crippen LogP contribution in [0.1, 0.15) is 59.4 Å². The Balaban J connectivity index is 1.81. The fraction of sp³-hybridized carbons (Fsp3) is 0.368. The summed E-state index contributed by atoms with van der Waals surface area (Å²) in [7, 11) is 0. The molecule has 2 aromatic rings. The maximum absolute atomic E-state index is 12.7. The molecular weight excluding hydrogens is 290 g/mol. The summed E-state index contributed by atoms with van der Waals surface area (Å²) in [6, 6.07) is 10.9. The van der Waals surface area contributed by atoms with E-state index in [1.54, 1.807) is 18.2 Å². The van der Waals surface area contributed by atoms with Crippen LogP contribution in [0.15, 0.2) is 40.8 Å². The molecule has 1 heterocycles. The molecule has 1 fully saturated rings. The van der Waals surface area contributed by atoms with Gasteiger partial charge in [-0.25, -0.2) is 0 Å². The van der Waals surface area contributed by atoms with Gasteiger partial charge < -0.3 is 9.73 Å². The molecule has 0 spiro atoms. The van der Waals surface area contributed by atoms with Crippen LogP contribution in [-0.4, -0.2) is 18.2 Å². The summed E-state index contributed by atoms with van der Waals surface area (Å²) in [6.45, 7) is 0. The van der Waals surface area contributed by atoms with E-state index in [0.717, 1.165) is 12.8 Å². The van der Waals surface area contributed by atoms with E-state index in [-0.39, 0.29) is 17.7 Å². The molecule has 1 aliphatic rings. The maximum Gasteiger partial charge on any atom is 0.252 e. The zero-order valence-corrected chi connectivity index (χ0v) is 13.1. The lowest BCUT2D eigenvalue weighted by Gasteiger charge is -2.17. The second kappa shape index (κ2) is 7.27. The number of nitrogens with one attached hydrogen (secondary N) is 1. The predicted octanol–water partition coefficient (Wildman–Crippen LogP) is 4.21. The molecule has 1 aromatic heterocycles. The molecule has 4 heteroatoms. The smallest absolute Gasteiger partial charge is 0.252 e. The van der Waals surface area contributed by atoms with Gasteiger partial charge in [-0.15, -0.1) is 0 Å². The highest BCUT2D eigenvalue weighted by molar-refractivity contribution is 6.00. The van der Waals surface area contributed by atoms with Crippen LogP contribution in [0.4, 0.5) is 0 Å². The molecule has 0 bridgehead atoms. The van der Waals surface area contributed by atoms with E-state index in [2.05, 4.69) is 5.32 Å². The Morgan fingerprint density at radius 1 is 1.04 bits per heavy atom. The summed E-state index contributed by atoms with van der Waals surface area (Å²) < 4.78 is 5.47. The summed E-state index contributed by atoms with van der Waals surface area (Å²) in [5.74, 6) is 0.731. The molecule has 1 aromatic carbocycles. The highest BCUT2D eigenvalue weighted by Gasteiger charge is 2.19. The monoisotopic (exact) mass is 311 g/mol. The number of carbonyl (C=O) groups excluding carboxylic acids is 2. The lowest BCUT2D eigenvalue weighted by molar-refractivity contribution is 0.0933. The Labute approximate surface area is 135 Å². The minimum Gasteiger partial charge on any atom is -0.453 e. The molecular formula is C19H21NO3. The van der Waals surface area contributed by atoms with Crippen molar-refractivity contribution in [1.29, 1.82) is 0 Å². The minimum atomic E-state index is -0.0726. The van der Waals surface area contributed by atoms with Gasteiger partial charge in [0, 0.05) is 11.6 Å². The number of amides is 1. The Kier molecular flexibility index (Phi) is 4.91. The van der Waals surface area contributed by atoms with Crippen molar-refractivity contribution in [2.24, 2.45) is 0 Å². The van der Waals surface area contributed by atoms with Crippen LogP contribution in [0.5, 0.6) is 0 Å². The number of benzene rings is 1. The van der Waals surface area contributed by atoms with Crippen molar-refractivity contribution in [2.45, 2.75) is 44.6 Å². The van der Waals surface area contributed by atoms with E-state index in [0.29, 0.717) is 23.2 Å². The second-order valence-electron chi connectivity index (χ2n) is 6.03. The Hall–Kier alpha value is -2.36. The van der Waals surface area contributed by atoms with E-state index in [1.807, 2.05) is 18.2 Å². The van der Waals surface area contributed by atoms with Crippen LogP contribution in [0.25, 0.3) is 11.3 Å². The summed E-state index contributed by atoms with van der Waals surface area (Å²) in [6.07, 6.45) is 7.61. The first kappa shape index (κ1) is 15.5. The van der Waals surface area contributed by atoms with Gasteiger partial charge >= 0.3 is 0 Å². The third-order valence-corrected chi connectivity index (χ3v) is 4.37. The molecule has 3 rings (SSSR count). The number of hydrogen-bond acceptors (Lipinski definition) is 3. The van der Waals surface area contributed by atoms with Crippen molar-refractivity contribution >= 4 is 12.2 Å². The quantitative estimate of drug-likeness (QED) is 0.679. The van der Waals surface area contributed by atoms with Crippen LogP contribution in [0.2, 0.25) is 0 Å². The van der Waals surface area contributed by atoms with Crippen molar-refractivity contribution < 1.29 is 14.0 Å². The number of carbonyl (C=O) groups is 2. The standard InChI is InChI=1S/C19H21NO3/c21-13-15-11-12-18(23-15)16-9-5-6-10-17(16)19(22)20-14-7-3-1-2-4-8-14/h5-6,9-14H,1-4,7-8H2,(H,20,22). The van der Waals surface area contributed by atoms with Crippen LogP contribution in [-0.2, 0) is 0 Å². The Bertz CT molecular complexity index is 681. The van der Waals surface area contributed by atoms with Crippen molar-refractivity contribution in [3.05, 3.63) is 47.7 Å². The average Bonchev–Trinajstić information content (AvgIpc) is 2.92. The van der Waals surface area contributed by atoms with Crippen molar-refractivity contribution in [3.8, 4) is 11.3 Å². The minimum absolute atomic E-state index is 0.0726. The van der Waals surface area contributed by atoms with E-state index in [9.17, 15) is 9.59 Å². The van der Waals surface area contributed by atoms with Gasteiger partial charge in [0.2, 0.25) is 0 Å². The molecule has 0 atom stereocenters. The predicted molar refractivity (Wildman–Crippen MR) is 88.5 cm³/mol. The first-order valence-electron chi connectivity index (χ1n) is 8.23. The lowest BCUT2D eigenvalue weighted by atomic mass is 10.0. The van der Waals surface area contributed by atoms with Crippen molar-refractivity contribution in [1.82, 2.24) is 5.32 Å². The number of aldehydes is 1. The molecule has 0 aliphatic heterocycles. The zero-order valence-electron chi connectivity index (χ0n) is 13.1. The van der Waals surface area contributed by atoms with Gasteiger partial charge in [0.15, 0.2) is 12.0 Å². The third kappa shape index (κ3) is 3.70. The van der Waals surface area contributed by atoms with E-state index in [4.69, 9.17) is 4.42 Å². The molecule has 1 saturated carbocycles. The van der Waals surface area contributed by atoms with Gasteiger partial charge in [0.25, 0.3) is 5.91 Å². The molecule has 1 aliphatic carbocycles. The fourth-order valence-corrected chi connectivity index (χ4v) is 3.14. The molecule has 1 N–H and O–H groups in total. The van der Waals surface area contributed by atoms with Gasteiger partial charge in [0.05, 0.1) is 5.56 Å². The normalized spacial score (nSPS) is 15.8. The number of hydrogen-bond donors (Lipinski definition) is 1. The van der Waals surface area contributed by atoms with Gasteiger partial charge in [0.1, 0.15) is 5.76 Å². The average molecular weight is 311 g/mol. The summed E-state index contributed by atoms with van der Waals surface area (Å²) in [5.41, 5.74) is 1.30. The SMILES string of the molecule is O=Cc1ccc(-c2ccccc2C(=O)NC2CCCCCC2)o1.